The van der Waals surface area contributed by atoms with Crippen LogP contribution < -0.4 is 4.74 Å². The maximum absolute atomic E-state index is 12.4. The van der Waals surface area contributed by atoms with Gasteiger partial charge >= 0.3 is 5.97 Å². The molecule has 0 radical (unpaired) electrons. The fourth-order valence-corrected chi connectivity index (χ4v) is 3.57. The van der Waals surface area contributed by atoms with E-state index in [1.165, 1.54) is 25.7 Å². The fourth-order valence-electron chi connectivity index (χ4n) is 3.57. The molecule has 1 aromatic rings. The van der Waals surface area contributed by atoms with Crippen molar-refractivity contribution in [3.8, 4) is 17.2 Å². The van der Waals surface area contributed by atoms with Crippen LogP contribution in [-0.4, -0.2) is 80.5 Å². The van der Waals surface area contributed by atoms with Crippen LogP contribution in [0.5, 0.6) is 17.2 Å². The first-order valence-electron chi connectivity index (χ1n) is 11.5. The molecular weight excluding hydrogens is 436 g/mol. The van der Waals surface area contributed by atoms with E-state index in [0.717, 1.165) is 31.4 Å². The number of rotatable bonds is 13. The van der Waals surface area contributed by atoms with Gasteiger partial charge in [-0.15, -0.1) is 0 Å². The van der Waals surface area contributed by atoms with Gasteiger partial charge in [0.2, 0.25) is 12.0 Å². The lowest BCUT2D eigenvalue weighted by Crippen LogP contribution is -2.60. The van der Waals surface area contributed by atoms with Crippen LogP contribution in [0.1, 0.15) is 68.6 Å². The number of aliphatic hydroxyl groups is 4. The molecule has 1 aliphatic heterocycles. The Hall–Kier alpha value is -2.11. The van der Waals surface area contributed by atoms with Crippen molar-refractivity contribution in [1.82, 2.24) is 0 Å². The van der Waals surface area contributed by atoms with Crippen molar-refractivity contribution < 1.29 is 49.6 Å². The summed E-state index contributed by atoms with van der Waals surface area (Å²) in [5.41, 5.74) is -0.0931. The third-order valence-corrected chi connectivity index (χ3v) is 5.61. The highest BCUT2D eigenvalue weighted by atomic mass is 16.7. The van der Waals surface area contributed by atoms with Crippen molar-refractivity contribution in [1.29, 1.82) is 0 Å². The lowest BCUT2D eigenvalue weighted by molar-refractivity contribution is -0.277. The number of unbranched alkanes of at least 4 members (excludes halogenated alkanes) is 7. The zero-order valence-corrected chi connectivity index (χ0v) is 18.9. The predicted octanol–water partition coefficient (Wildman–Crippen LogP) is 1.57. The standard InChI is InChI=1S/C23H36O10/c1-2-3-4-5-6-7-8-9-10-31-22(30)14-11-15(25)18(26)16(12-14)32-23-21(29)20(28)19(27)17(13-24)33-23/h11-12,17,19-21,23-29H,2-10,13H2,1H3/t17-,19-,20+,21-,23-/m1/s1. The van der Waals surface area contributed by atoms with Gasteiger partial charge in [-0.1, -0.05) is 51.9 Å². The van der Waals surface area contributed by atoms with Crippen LogP contribution in [0.3, 0.4) is 0 Å². The van der Waals surface area contributed by atoms with Gasteiger partial charge in [-0.25, -0.2) is 4.79 Å². The molecule has 1 fully saturated rings. The second kappa shape index (κ2) is 13.6. The average Bonchev–Trinajstić information content (AvgIpc) is 2.80. The van der Waals surface area contributed by atoms with Crippen LogP contribution in [0.25, 0.3) is 0 Å². The first kappa shape index (κ1) is 27.1. The lowest BCUT2D eigenvalue weighted by Gasteiger charge is -2.39. The van der Waals surface area contributed by atoms with Gasteiger partial charge in [-0.3, -0.25) is 0 Å². The Morgan fingerprint density at radius 3 is 2.21 bits per heavy atom. The highest BCUT2D eigenvalue weighted by molar-refractivity contribution is 5.91. The van der Waals surface area contributed by atoms with E-state index in [4.69, 9.17) is 14.2 Å². The summed E-state index contributed by atoms with van der Waals surface area (Å²) in [4.78, 5) is 12.4. The fraction of sp³-hybridized carbons (Fsp3) is 0.696. The largest absolute Gasteiger partial charge is 0.504 e. The Bertz CT molecular complexity index is 738. The molecule has 1 heterocycles. The first-order chi connectivity index (χ1) is 15.8. The van der Waals surface area contributed by atoms with Gasteiger partial charge in [0.15, 0.2) is 11.5 Å². The molecule has 0 bridgehead atoms. The Morgan fingerprint density at radius 2 is 1.58 bits per heavy atom. The number of aliphatic hydroxyl groups excluding tert-OH is 4. The van der Waals surface area contributed by atoms with Crippen molar-refractivity contribution in [2.24, 2.45) is 0 Å². The molecule has 1 saturated heterocycles. The summed E-state index contributed by atoms with van der Waals surface area (Å²) in [6.45, 7) is 1.72. The zero-order chi connectivity index (χ0) is 24.4. The van der Waals surface area contributed by atoms with E-state index in [1.54, 1.807) is 0 Å². The van der Waals surface area contributed by atoms with E-state index in [1.807, 2.05) is 0 Å². The van der Waals surface area contributed by atoms with Gasteiger partial charge < -0.3 is 44.8 Å². The number of hydrogen-bond donors (Lipinski definition) is 6. The van der Waals surface area contributed by atoms with E-state index in [9.17, 15) is 35.4 Å². The normalized spacial score (nSPS) is 25.1. The summed E-state index contributed by atoms with van der Waals surface area (Å²) in [6, 6.07) is 2.12. The van der Waals surface area contributed by atoms with Gasteiger partial charge in [0.25, 0.3) is 0 Å². The molecule has 0 aliphatic carbocycles. The van der Waals surface area contributed by atoms with Crippen molar-refractivity contribution in [2.45, 2.75) is 89.0 Å². The molecule has 1 aliphatic rings. The summed E-state index contributed by atoms with van der Waals surface area (Å²) in [7, 11) is 0. The molecule has 0 unspecified atom stereocenters. The van der Waals surface area contributed by atoms with Gasteiger partial charge in [0, 0.05) is 0 Å². The first-order valence-corrected chi connectivity index (χ1v) is 11.5. The molecule has 0 saturated carbocycles. The molecule has 33 heavy (non-hydrogen) atoms. The predicted molar refractivity (Wildman–Crippen MR) is 117 cm³/mol. The van der Waals surface area contributed by atoms with Gasteiger partial charge in [0.1, 0.15) is 24.4 Å². The van der Waals surface area contributed by atoms with Crippen LogP contribution in [-0.2, 0) is 9.47 Å². The highest BCUT2D eigenvalue weighted by Crippen LogP contribution is 2.38. The molecule has 188 valence electrons. The third kappa shape index (κ3) is 7.72. The quantitative estimate of drug-likeness (QED) is 0.141. The molecule has 10 heteroatoms. The SMILES string of the molecule is CCCCCCCCCCOC(=O)c1cc(O)c(O)c(O[C@@H]2O[C@H](CO)[C@@H](O)[C@H](O)[C@H]2O)c1. The minimum absolute atomic E-state index is 0.0931. The summed E-state index contributed by atoms with van der Waals surface area (Å²) < 4.78 is 15.8. The Morgan fingerprint density at radius 1 is 0.939 bits per heavy atom. The van der Waals surface area contributed by atoms with Crippen LogP contribution >= 0.6 is 0 Å². The average molecular weight is 473 g/mol. The number of phenols is 2. The molecule has 10 nitrogen and oxygen atoms in total. The van der Waals surface area contributed by atoms with Crippen molar-refractivity contribution in [3.63, 3.8) is 0 Å². The third-order valence-electron chi connectivity index (χ3n) is 5.61. The number of carbonyl (C=O) groups is 1. The molecule has 0 spiro atoms. The summed E-state index contributed by atoms with van der Waals surface area (Å²) in [6.07, 6.45) is 0.972. The van der Waals surface area contributed by atoms with Gasteiger partial charge in [-0.2, -0.15) is 0 Å². The summed E-state index contributed by atoms with van der Waals surface area (Å²) in [5, 5.41) is 59.1. The van der Waals surface area contributed by atoms with Crippen LogP contribution in [0, 0.1) is 0 Å². The molecule has 2 rings (SSSR count). The van der Waals surface area contributed by atoms with Crippen molar-refractivity contribution >= 4 is 5.97 Å². The van der Waals surface area contributed by atoms with E-state index in [2.05, 4.69) is 6.92 Å². The number of benzene rings is 1. The molecular formula is C23H36O10. The van der Waals surface area contributed by atoms with E-state index in [-0.39, 0.29) is 12.2 Å². The molecule has 1 aromatic carbocycles. The number of carbonyl (C=O) groups excluding carboxylic acids is 1. The van der Waals surface area contributed by atoms with Crippen LogP contribution in [0.2, 0.25) is 0 Å². The smallest absolute Gasteiger partial charge is 0.338 e. The van der Waals surface area contributed by atoms with Crippen LogP contribution in [0.15, 0.2) is 12.1 Å². The Kier molecular flexibility index (Phi) is 11.2. The Balaban J connectivity index is 1.91. The van der Waals surface area contributed by atoms with E-state index < -0.39 is 60.5 Å². The second-order valence-electron chi connectivity index (χ2n) is 8.27. The number of esters is 1. The number of phenolic OH excluding ortho intramolecular Hbond substituents is 2. The van der Waals surface area contributed by atoms with Crippen molar-refractivity contribution in [3.05, 3.63) is 17.7 Å². The van der Waals surface area contributed by atoms with E-state index in [0.29, 0.717) is 6.42 Å². The number of ether oxygens (including phenoxy) is 3. The van der Waals surface area contributed by atoms with Gasteiger partial charge in [-0.05, 0) is 18.6 Å². The minimum atomic E-state index is -1.72. The molecule has 0 aromatic heterocycles. The lowest BCUT2D eigenvalue weighted by atomic mass is 9.99. The van der Waals surface area contributed by atoms with Gasteiger partial charge in [0.05, 0.1) is 18.8 Å². The monoisotopic (exact) mass is 472 g/mol. The van der Waals surface area contributed by atoms with E-state index >= 15 is 0 Å². The number of hydrogen-bond acceptors (Lipinski definition) is 10. The second-order valence-corrected chi connectivity index (χ2v) is 8.27. The highest BCUT2D eigenvalue weighted by Gasteiger charge is 2.45. The molecule has 5 atom stereocenters. The maximum atomic E-state index is 12.4. The Labute approximate surface area is 193 Å². The number of aromatic hydroxyl groups is 2. The van der Waals surface area contributed by atoms with Crippen LogP contribution in [0.4, 0.5) is 0 Å². The van der Waals surface area contributed by atoms with Crippen molar-refractivity contribution in [2.75, 3.05) is 13.2 Å². The summed E-state index contributed by atoms with van der Waals surface area (Å²) in [5.74, 6) is -2.51. The maximum Gasteiger partial charge on any atom is 0.338 e. The molecule has 0 amide bonds. The topological polar surface area (TPSA) is 166 Å². The zero-order valence-electron chi connectivity index (χ0n) is 18.9. The molecule has 6 N–H and O–H groups in total. The summed E-state index contributed by atoms with van der Waals surface area (Å²) >= 11 is 0. The minimum Gasteiger partial charge on any atom is -0.504 e.